The van der Waals surface area contributed by atoms with Crippen LogP contribution < -0.4 is 0 Å². The summed E-state index contributed by atoms with van der Waals surface area (Å²) in [6.45, 7) is 4.03. The molecule has 27 heavy (non-hydrogen) atoms. The molecule has 1 aromatic carbocycles. The molecule has 2 aliphatic rings. The average molecular weight is 396 g/mol. The predicted octanol–water partition coefficient (Wildman–Crippen LogP) is 1.03. The highest BCUT2D eigenvalue weighted by Gasteiger charge is 2.52. The molecule has 1 aliphatic heterocycles. The Bertz CT molecular complexity index is 809. The molecule has 1 heterocycles. The van der Waals surface area contributed by atoms with Crippen molar-refractivity contribution in [2.24, 2.45) is 5.41 Å². The predicted molar refractivity (Wildman–Crippen MR) is 96.9 cm³/mol. The lowest BCUT2D eigenvalue weighted by molar-refractivity contribution is -0.140. The molecular weight excluding hydrogens is 372 g/mol. The monoisotopic (exact) mass is 396 g/mol. The zero-order valence-corrected chi connectivity index (χ0v) is 16.1. The SMILES string of the molecule is CCOCC1(C(=O)N2CCN(S(=O)(=O)c3ccc(C(=O)O)cc3)CC2)CC1. The van der Waals surface area contributed by atoms with E-state index in [9.17, 15) is 18.0 Å². The first-order valence-corrected chi connectivity index (χ1v) is 10.4. The summed E-state index contributed by atoms with van der Waals surface area (Å²) in [5, 5.41) is 8.93. The van der Waals surface area contributed by atoms with Crippen molar-refractivity contribution in [3.8, 4) is 0 Å². The summed E-state index contributed by atoms with van der Waals surface area (Å²) < 4.78 is 32.3. The summed E-state index contributed by atoms with van der Waals surface area (Å²) >= 11 is 0. The average Bonchev–Trinajstić information content (AvgIpc) is 3.47. The van der Waals surface area contributed by atoms with Crippen LogP contribution in [0.15, 0.2) is 29.2 Å². The van der Waals surface area contributed by atoms with Gasteiger partial charge in [-0.25, -0.2) is 13.2 Å². The molecule has 1 aromatic rings. The number of hydrogen-bond acceptors (Lipinski definition) is 5. The number of aromatic carboxylic acids is 1. The first-order chi connectivity index (χ1) is 12.8. The van der Waals surface area contributed by atoms with Crippen LogP contribution in [0.1, 0.15) is 30.1 Å². The van der Waals surface area contributed by atoms with Crippen LogP contribution >= 0.6 is 0 Å². The number of carboxylic acids is 1. The quantitative estimate of drug-likeness (QED) is 0.738. The Balaban J connectivity index is 1.63. The van der Waals surface area contributed by atoms with Gasteiger partial charge in [0.05, 0.1) is 22.5 Å². The van der Waals surface area contributed by atoms with Crippen LogP contribution in [0.4, 0.5) is 0 Å². The third kappa shape index (κ3) is 3.99. The number of amides is 1. The van der Waals surface area contributed by atoms with Crippen molar-refractivity contribution in [2.45, 2.75) is 24.7 Å². The van der Waals surface area contributed by atoms with Crippen LogP contribution in [0.5, 0.6) is 0 Å². The van der Waals surface area contributed by atoms with E-state index in [0.717, 1.165) is 12.8 Å². The van der Waals surface area contributed by atoms with E-state index in [0.29, 0.717) is 26.3 Å². The number of carboxylic acid groups (broad SMARTS) is 1. The molecule has 0 spiro atoms. The standard InChI is InChI=1S/C18H24N2O6S/c1-2-26-13-18(7-8-18)17(23)19-9-11-20(12-10-19)27(24,25)15-5-3-14(4-6-15)16(21)22/h3-6H,2,7-13H2,1H3,(H,21,22). The normalized spacial score (nSPS) is 19.7. The van der Waals surface area contributed by atoms with Crippen molar-refractivity contribution >= 4 is 21.9 Å². The van der Waals surface area contributed by atoms with E-state index in [4.69, 9.17) is 9.84 Å². The van der Waals surface area contributed by atoms with Gasteiger partial charge in [-0.1, -0.05) is 0 Å². The van der Waals surface area contributed by atoms with Crippen molar-refractivity contribution in [2.75, 3.05) is 39.4 Å². The Morgan fingerprint density at radius 2 is 1.70 bits per heavy atom. The number of carbonyl (C=O) groups is 2. The highest BCUT2D eigenvalue weighted by molar-refractivity contribution is 7.89. The lowest BCUT2D eigenvalue weighted by atomic mass is 10.1. The van der Waals surface area contributed by atoms with Crippen molar-refractivity contribution < 1.29 is 27.9 Å². The summed E-state index contributed by atoms with van der Waals surface area (Å²) in [6, 6.07) is 5.16. The van der Waals surface area contributed by atoms with E-state index in [1.807, 2.05) is 6.92 Å². The molecule has 0 aromatic heterocycles. The van der Waals surface area contributed by atoms with Crippen LogP contribution in [0.25, 0.3) is 0 Å². The molecular formula is C18H24N2O6S. The molecule has 2 fully saturated rings. The van der Waals surface area contributed by atoms with Gasteiger partial charge in [-0.05, 0) is 44.0 Å². The molecule has 1 saturated carbocycles. The van der Waals surface area contributed by atoms with Gasteiger partial charge in [0.2, 0.25) is 15.9 Å². The molecule has 0 unspecified atom stereocenters. The molecule has 1 aliphatic carbocycles. The van der Waals surface area contributed by atoms with Crippen molar-refractivity contribution in [1.29, 1.82) is 0 Å². The van der Waals surface area contributed by atoms with Gasteiger partial charge in [0.1, 0.15) is 0 Å². The van der Waals surface area contributed by atoms with Gasteiger partial charge in [0.15, 0.2) is 0 Å². The maximum Gasteiger partial charge on any atom is 0.335 e. The van der Waals surface area contributed by atoms with Gasteiger partial charge in [-0.2, -0.15) is 4.31 Å². The number of sulfonamides is 1. The number of piperazine rings is 1. The molecule has 1 amide bonds. The zero-order chi connectivity index (χ0) is 19.7. The molecule has 3 rings (SSSR count). The minimum atomic E-state index is -3.71. The van der Waals surface area contributed by atoms with E-state index in [1.54, 1.807) is 4.90 Å². The molecule has 8 nitrogen and oxygen atoms in total. The Morgan fingerprint density at radius 3 is 2.19 bits per heavy atom. The highest BCUT2D eigenvalue weighted by Crippen LogP contribution is 2.47. The van der Waals surface area contributed by atoms with Gasteiger partial charge in [0, 0.05) is 32.8 Å². The molecule has 148 valence electrons. The molecule has 1 N–H and O–H groups in total. The first kappa shape index (κ1) is 19.8. The molecule has 0 bridgehead atoms. The van der Waals surface area contributed by atoms with Gasteiger partial charge in [-0.3, -0.25) is 4.79 Å². The van der Waals surface area contributed by atoms with Crippen LogP contribution in [0, 0.1) is 5.41 Å². The number of hydrogen-bond donors (Lipinski definition) is 1. The summed E-state index contributed by atoms with van der Waals surface area (Å²) in [5.74, 6) is -1.05. The second-order valence-corrected chi connectivity index (χ2v) is 8.88. The largest absolute Gasteiger partial charge is 0.478 e. The maximum atomic E-state index is 12.8. The summed E-state index contributed by atoms with van der Waals surface area (Å²) in [5.41, 5.74) is -0.377. The maximum absolute atomic E-state index is 12.8. The third-order valence-corrected chi connectivity index (χ3v) is 7.07. The fourth-order valence-corrected chi connectivity index (χ4v) is 4.68. The topological polar surface area (TPSA) is 104 Å². The fraction of sp³-hybridized carbons (Fsp3) is 0.556. The van der Waals surface area contributed by atoms with Crippen molar-refractivity contribution in [3.63, 3.8) is 0 Å². The van der Waals surface area contributed by atoms with Gasteiger partial charge in [-0.15, -0.1) is 0 Å². The van der Waals surface area contributed by atoms with Crippen LogP contribution in [0.2, 0.25) is 0 Å². The van der Waals surface area contributed by atoms with E-state index < -0.39 is 21.4 Å². The number of ether oxygens (including phenoxy) is 1. The minimum absolute atomic E-state index is 0.0356. The van der Waals surface area contributed by atoms with Crippen molar-refractivity contribution in [3.05, 3.63) is 29.8 Å². The highest BCUT2D eigenvalue weighted by atomic mass is 32.2. The lowest BCUT2D eigenvalue weighted by Gasteiger charge is -2.36. The molecule has 9 heteroatoms. The second kappa shape index (κ2) is 7.57. The van der Waals surface area contributed by atoms with Crippen LogP contribution in [-0.2, 0) is 19.6 Å². The molecule has 0 atom stereocenters. The second-order valence-electron chi connectivity index (χ2n) is 6.94. The zero-order valence-electron chi connectivity index (χ0n) is 15.3. The fourth-order valence-electron chi connectivity index (χ4n) is 3.25. The van der Waals surface area contributed by atoms with Gasteiger partial charge < -0.3 is 14.7 Å². The Morgan fingerprint density at radius 1 is 1.11 bits per heavy atom. The summed E-state index contributed by atoms with van der Waals surface area (Å²) in [4.78, 5) is 25.4. The number of nitrogens with zero attached hydrogens (tertiary/aromatic N) is 2. The number of carbonyl (C=O) groups excluding carboxylic acids is 1. The van der Waals surface area contributed by atoms with Crippen LogP contribution in [-0.4, -0.2) is 74.0 Å². The minimum Gasteiger partial charge on any atom is -0.478 e. The summed E-state index contributed by atoms with van der Waals surface area (Å²) in [6.07, 6.45) is 1.64. The van der Waals surface area contributed by atoms with E-state index in [-0.39, 0.29) is 29.5 Å². The van der Waals surface area contributed by atoms with Crippen LogP contribution in [0.3, 0.4) is 0 Å². The Labute approximate surface area is 158 Å². The van der Waals surface area contributed by atoms with Gasteiger partial charge >= 0.3 is 5.97 Å². The lowest BCUT2D eigenvalue weighted by Crippen LogP contribution is -2.52. The number of benzene rings is 1. The third-order valence-electron chi connectivity index (χ3n) is 5.15. The van der Waals surface area contributed by atoms with E-state index >= 15 is 0 Å². The Kier molecular flexibility index (Phi) is 5.55. The molecule has 1 saturated heterocycles. The molecule has 0 radical (unpaired) electrons. The first-order valence-electron chi connectivity index (χ1n) is 9.01. The van der Waals surface area contributed by atoms with E-state index in [2.05, 4.69) is 0 Å². The van der Waals surface area contributed by atoms with Gasteiger partial charge in [0.25, 0.3) is 0 Å². The Hall–Kier alpha value is -1.97. The van der Waals surface area contributed by atoms with Crippen molar-refractivity contribution in [1.82, 2.24) is 9.21 Å². The smallest absolute Gasteiger partial charge is 0.335 e. The summed E-state index contributed by atoms with van der Waals surface area (Å²) in [7, 11) is -3.71. The van der Waals surface area contributed by atoms with E-state index in [1.165, 1.54) is 28.6 Å². The number of rotatable bonds is 7.